The molecular formula is C13H15BrN2OS. The van der Waals surface area contributed by atoms with Gasteiger partial charge >= 0.3 is 0 Å². The average Bonchev–Trinajstić information content (AvgIpc) is 2.76. The van der Waals surface area contributed by atoms with Crippen LogP contribution in [-0.2, 0) is 12.1 Å². The van der Waals surface area contributed by atoms with Crippen molar-refractivity contribution in [3.8, 4) is 0 Å². The molecular weight excluding hydrogens is 312 g/mol. The molecule has 0 fully saturated rings. The zero-order valence-corrected chi connectivity index (χ0v) is 12.5. The highest BCUT2D eigenvalue weighted by Crippen LogP contribution is 2.21. The number of rotatable bonds is 5. The molecule has 1 aromatic carbocycles. The van der Waals surface area contributed by atoms with Gasteiger partial charge in [0, 0.05) is 13.1 Å². The second kappa shape index (κ2) is 5.93. The first-order valence-electron chi connectivity index (χ1n) is 5.67. The van der Waals surface area contributed by atoms with E-state index in [1.54, 1.807) is 6.20 Å². The van der Waals surface area contributed by atoms with Crippen LogP contribution in [0.3, 0.4) is 0 Å². The molecule has 0 aliphatic rings. The van der Waals surface area contributed by atoms with Crippen molar-refractivity contribution in [3.63, 3.8) is 0 Å². The maximum atomic E-state index is 10.4. The van der Waals surface area contributed by atoms with Gasteiger partial charge in [-0.25, -0.2) is 0 Å². The molecule has 0 aliphatic carbocycles. The zero-order valence-electron chi connectivity index (χ0n) is 10.1. The smallest absolute Gasteiger partial charge is 0.0992 e. The summed E-state index contributed by atoms with van der Waals surface area (Å²) in [5.74, 6) is 0. The molecule has 0 amide bonds. The molecule has 0 saturated carbocycles. The molecule has 1 unspecified atom stereocenters. The van der Waals surface area contributed by atoms with Crippen molar-refractivity contribution in [2.75, 3.05) is 6.54 Å². The van der Waals surface area contributed by atoms with Gasteiger partial charge in [-0.15, -0.1) is 0 Å². The molecule has 96 valence electrons. The Morgan fingerprint density at radius 2 is 2.11 bits per heavy atom. The monoisotopic (exact) mass is 326 g/mol. The van der Waals surface area contributed by atoms with Crippen LogP contribution in [0.2, 0.25) is 0 Å². The summed E-state index contributed by atoms with van der Waals surface area (Å²) >= 11 is 4.89. The van der Waals surface area contributed by atoms with Gasteiger partial charge in [-0.3, -0.25) is 0 Å². The molecule has 5 heteroatoms. The van der Waals surface area contributed by atoms with Gasteiger partial charge in [0.2, 0.25) is 0 Å². The van der Waals surface area contributed by atoms with Crippen LogP contribution in [0.4, 0.5) is 0 Å². The summed E-state index contributed by atoms with van der Waals surface area (Å²) in [5, 5.41) is 13.7. The standard InChI is InChI=1S/C13H15BrN2OS/c1-13(17,10-5-3-2-4-6-10)9-15-8-12-11(14)7-16-18-12/h2-7,15,17H,8-9H2,1H3. The van der Waals surface area contributed by atoms with Gasteiger partial charge in [0.05, 0.1) is 21.1 Å². The lowest BCUT2D eigenvalue weighted by atomic mass is 9.96. The lowest BCUT2D eigenvalue weighted by molar-refractivity contribution is 0.0567. The van der Waals surface area contributed by atoms with Crippen molar-refractivity contribution in [1.82, 2.24) is 9.69 Å². The Kier molecular flexibility index (Phi) is 4.50. The van der Waals surface area contributed by atoms with Crippen LogP contribution in [-0.4, -0.2) is 16.0 Å². The molecule has 1 atom stereocenters. The van der Waals surface area contributed by atoms with Gasteiger partial charge < -0.3 is 10.4 Å². The first-order valence-corrected chi connectivity index (χ1v) is 7.24. The third kappa shape index (κ3) is 3.38. The second-order valence-corrected chi connectivity index (χ2v) is 6.08. The van der Waals surface area contributed by atoms with Crippen molar-refractivity contribution in [1.29, 1.82) is 0 Å². The van der Waals surface area contributed by atoms with E-state index < -0.39 is 5.60 Å². The SMILES string of the molecule is CC(O)(CNCc1sncc1Br)c1ccccc1. The summed E-state index contributed by atoms with van der Waals surface area (Å²) in [5.41, 5.74) is 0.0548. The zero-order chi connectivity index (χ0) is 13.0. The normalized spacial score (nSPS) is 14.4. The fourth-order valence-electron chi connectivity index (χ4n) is 1.69. The van der Waals surface area contributed by atoms with Gasteiger partial charge in [-0.2, -0.15) is 4.37 Å². The molecule has 0 spiro atoms. The Hall–Kier alpha value is -0.750. The van der Waals surface area contributed by atoms with Crippen molar-refractivity contribution in [3.05, 3.63) is 51.4 Å². The molecule has 0 saturated heterocycles. The van der Waals surface area contributed by atoms with E-state index in [4.69, 9.17) is 0 Å². The topological polar surface area (TPSA) is 45.1 Å². The number of aromatic nitrogens is 1. The molecule has 2 N–H and O–H groups in total. The third-order valence-electron chi connectivity index (χ3n) is 2.75. The number of halogens is 1. The van der Waals surface area contributed by atoms with Gasteiger partial charge in [0.1, 0.15) is 0 Å². The van der Waals surface area contributed by atoms with E-state index in [0.717, 1.165) is 14.9 Å². The van der Waals surface area contributed by atoms with Crippen molar-refractivity contribution < 1.29 is 5.11 Å². The molecule has 0 aliphatic heterocycles. The summed E-state index contributed by atoms with van der Waals surface area (Å²) in [7, 11) is 0. The summed E-state index contributed by atoms with van der Waals surface area (Å²) in [6, 6.07) is 9.68. The van der Waals surface area contributed by atoms with E-state index in [9.17, 15) is 5.11 Å². The van der Waals surface area contributed by atoms with E-state index in [1.807, 2.05) is 37.3 Å². The quantitative estimate of drug-likeness (QED) is 0.888. The second-order valence-electron chi connectivity index (χ2n) is 4.34. The summed E-state index contributed by atoms with van der Waals surface area (Å²) in [6.07, 6.45) is 1.79. The summed E-state index contributed by atoms with van der Waals surface area (Å²) in [6.45, 7) is 3.02. The lowest BCUT2D eigenvalue weighted by Gasteiger charge is -2.24. The number of nitrogens with one attached hydrogen (secondary N) is 1. The lowest BCUT2D eigenvalue weighted by Crippen LogP contribution is -2.35. The predicted molar refractivity (Wildman–Crippen MR) is 77.5 cm³/mol. The average molecular weight is 327 g/mol. The number of nitrogens with zero attached hydrogens (tertiary/aromatic N) is 1. The van der Waals surface area contributed by atoms with Gasteiger partial charge in [0.25, 0.3) is 0 Å². The van der Waals surface area contributed by atoms with E-state index in [1.165, 1.54) is 11.5 Å². The number of hydrogen-bond acceptors (Lipinski definition) is 4. The molecule has 2 aromatic rings. The highest BCUT2D eigenvalue weighted by Gasteiger charge is 2.22. The highest BCUT2D eigenvalue weighted by atomic mass is 79.9. The van der Waals surface area contributed by atoms with Crippen LogP contribution in [0.1, 0.15) is 17.4 Å². The maximum absolute atomic E-state index is 10.4. The highest BCUT2D eigenvalue weighted by molar-refractivity contribution is 9.10. The molecule has 0 radical (unpaired) electrons. The minimum Gasteiger partial charge on any atom is -0.384 e. The molecule has 3 nitrogen and oxygen atoms in total. The van der Waals surface area contributed by atoms with Crippen LogP contribution in [0, 0.1) is 0 Å². The van der Waals surface area contributed by atoms with Crippen molar-refractivity contribution in [2.24, 2.45) is 0 Å². The van der Waals surface area contributed by atoms with E-state index in [0.29, 0.717) is 13.1 Å². The summed E-state index contributed by atoms with van der Waals surface area (Å²) in [4.78, 5) is 1.14. The van der Waals surface area contributed by atoms with Crippen molar-refractivity contribution in [2.45, 2.75) is 19.1 Å². The van der Waals surface area contributed by atoms with Gasteiger partial charge in [-0.05, 0) is 39.9 Å². The van der Waals surface area contributed by atoms with Crippen molar-refractivity contribution >= 4 is 27.5 Å². The fourth-order valence-corrected chi connectivity index (χ4v) is 2.87. The summed E-state index contributed by atoms with van der Waals surface area (Å²) < 4.78 is 5.10. The van der Waals surface area contributed by atoms with Crippen LogP contribution in [0.5, 0.6) is 0 Å². The van der Waals surface area contributed by atoms with Crippen LogP contribution in [0.15, 0.2) is 41.0 Å². The third-order valence-corrected chi connectivity index (χ3v) is 4.49. The first kappa shape index (κ1) is 13.7. The van der Waals surface area contributed by atoms with Crippen LogP contribution in [0.25, 0.3) is 0 Å². The van der Waals surface area contributed by atoms with Gasteiger partial charge in [-0.1, -0.05) is 30.3 Å². The van der Waals surface area contributed by atoms with Gasteiger partial charge in [0.15, 0.2) is 0 Å². The van der Waals surface area contributed by atoms with E-state index in [2.05, 4.69) is 25.6 Å². The molecule has 1 aromatic heterocycles. The molecule has 1 heterocycles. The number of hydrogen-bond donors (Lipinski definition) is 2. The Morgan fingerprint density at radius 3 is 2.72 bits per heavy atom. The molecule has 2 rings (SSSR count). The Labute approximate surface area is 119 Å². The first-order chi connectivity index (χ1) is 8.59. The number of benzene rings is 1. The minimum atomic E-state index is -0.863. The van der Waals surface area contributed by atoms with Crippen LogP contribution >= 0.6 is 27.5 Å². The Balaban J connectivity index is 1.92. The minimum absolute atomic E-state index is 0.501. The maximum Gasteiger partial charge on any atom is 0.0992 e. The Morgan fingerprint density at radius 1 is 1.39 bits per heavy atom. The Bertz CT molecular complexity index is 499. The van der Waals surface area contributed by atoms with E-state index in [-0.39, 0.29) is 0 Å². The number of aliphatic hydroxyl groups is 1. The molecule has 18 heavy (non-hydrogen) atoms. The predicted octanol–water partition coefficient (Wildman–Crippen LogP) is 2.90. The molecule has 0 bridgehead atoms. The van der Waals surface area contributed by atoms with Crippen LogP contribution < -0.4 is 5.32 Å². The van der Waals surface area contributed by atoms with E-state index >= 15 is 0 Å². The fraction of sp³-hybridized carbons (Fsp3) is 0.308. The largest absolute Gasteiger partial charge is 0.384 e.